The number of benzene rings is 2. The fourth-order valence-electron chi connectivity index (χ4n) is 6.90. The first-order valence-corrected chi connectivity index (χ1v) is 13.7. The molecule has 0 radical (unpaired) electrons. The van der Waals surface area contributed by atoms with Gasteiger partial charge in [0.05, 0.1) is 17.9 Å². The molecular weight excluding hydrogens is 524 g/mol. The van der Waals surface area contributed by atoms with Gasteiger partial charge in [0.1, 0.15) is 11.3 Å². The summed E-state index contributed by atoms with van der Waals surface area (Å²) in [6.07, 6.45) is -4.92. The minimum absolute atomic E-state index is 0.00636. The summed E-state index contributed by atoms with van der Waals surface area (Å²) < 4.78 is 87.1. The van der Waals surface area contributed by atoms with Gasteiger partial charge in [-0.1, -0.05) is 30.7 Å². The fraction of sp³-hybridized carbons (Fsp3) is 0.621. The molecule has 0 aromatic heterocycles. The highest BCUT2D eigenvalue weighted by atomic mass is 19.4. The molecule has 0 amide bonds. The molecule has 3 fully saturated rings. The Hall–Kier alpha value is -2.49. The highest BCUT2D eigenvalue weighted by molar-refractivity contribution is 5.89. The zero-order valence-electron chi connectivity index (χ0n) is 21.5. The van der Waals surface area contributed by atoms with Crippen molar-refractivity contribution >= 4 is 16.7 Å². The number of hydrogen-bond donors (Lipinski definition) is 1. The molecule has 5 rings (SSSR count). The number of halogens is 6. The summed E-state index contributed by atoms with van der Waals surface area (Å²) in [5, 5.41) is 9.91. The van der Waals surface area contributed by atoms with Gasteiger partial charge in [-0.25, -0.2) is 0 Å². The summed E-state index contributed by atoms with van der Waals surface area (Å²) in [6, 6.07) is 8.21. The van der Waals surface area contributed by atoms with Gasteiger partial charge in [-0.2, -0.15) is 26.3 Å². The van der Waals surface area contributed by atoms with E-state index in [0.717, 1.165) is 31.4 Å². The summed E-state index contributed by atoms with van der Waals surface area (Å²) in [4.78, 5) is 13.9. The highest BCUT2D eigenvalue weighted by Crippen LogP contribution is 2.44. The number of carbonyl (C=O) groups is 1. The number of carboxylic acids is 1. The lowest BCUT2D eigenvalue weighted by Gasteiger charge is -2.48. The molecule has 2 heterocycles. The minimum atomic E-state index is -4.69. The highest BCUT2D eigenvalue weighted by Gasteiger charge is 2.43. The lowest BCUT2D eigenvalue weighted by atomic mass is 9.78. The number of aliphatic carboxylic acids is 1. The van der Waals surface area contributed by atoms with Crippen molar-refractivity contribution in [1.29, 1.82) is 0 Å². The second-order valence-corrected chi connectivity index (χ2v) is 11.4. The first-order chi connectivity index (χ1) is 18.4. The number of alkyl halides is 6. The van der Waals surface area contributed by atoms with E-state index in [9.17, 15) is 36.2 Å². The van der Waals surface area contributed by atoms with E-state index in [0.29, 0.717) is 24.6 Å². The van der Waals surface area contributed by atoms with Gasteiger partial charge in [-0.3, -0.25) is 9.69 Å². The Morgan fingerprint density at radius 3 is 2.18 bits per heavy atom. The van der Waals surface area contributed by atoms with Crippen LogP contribution in [0.25, 0.3) is 10.8 Å². The Balaban J connectivity index is 1.30. The number of piperidine rings is 2. The van der Waals surface area contributed by atoms with Crippen LogP contribution < -0.4 is 4.74 Å². The molecule has 2 aromatic rings. The van der Waals surface area contributed by atoms with Gasteiger partial charge in [0.15, 0.2) is 0 Å². The van der Waals surface area contributed by atoms with E-state index in [4.69, 9.17) is 4.74 Å². The summed E-state index contributed by atoms with van der Waals surface area (Å²) in [7, 11) is 0. The summed E-state index contributed by atoms with van der Waals surface area (Å²) in [5.74, 6) is -2.82. The van der Waals surface area contributed by atoms with Crippen molar-refractivity contribution in [3.63, 3.8) is 0 Å². The molecule has 3 aliphatic rings. The van der Waals surface area contributed by atoms with Gasteiger partial charge in [0, 0.05) is 18.6 Å². The van der Waals surface area contributed by atoms with E-state index >= 15 is 0 Å². The molecule has 0 spiro atoms. The predicted octanol–water partition coefficient (Wildman–Crippen LogP) is 7.62. The number of ether oxygens (including phenoxy) is 1. The van der Waals surface area contributed by atoms with E-state index in [-0.39, 0.29) is 54.8 Å². The molecule has 2 unspecified atom stereocenters. The van der Waals surface area contributed by atoms with Crippen molar-refractivity contribution in [2.45, 2.75) is 94.7 Å². The van der Waals surface area contributed by atoms with Gasteiger partial charge in [0.25, 0.3) is 0 Å². The quantitative estimate of drug-likeness (QED) is 0.371. The zero-order chi connectivity index (χ0) is 27.9. The average Bonchev–Trinajstić information content (AvgIpc) is 2.85. The topological polar surface area (TPSA) is 49.8 Å². The van der Waals surface area contributed by atoms with Crippen molar-refractivity contribution < 1.29 is 41.0 Å². The maximum absolute atomic E-state index is 14.2. The van der Waals surface area contributed by atoms with Crippen molar-refractivity contribution in [1.82, 2.24) is 4.90 Å². The Labute approximate surface area is 223 Å². The Morgan fingerprint density at radius 1 is 0.923 bits per heavy atom. The Bertz CT molecular complexity index is 1170. The normalized spacial score (nSPS) is 28.4. The van der Waals surface area contributed by atoms with Crippen LogP contribution in [0.1, 0.15) is 68.9 Å². The maximum atomic E-state index is 14.2. The number of nitrogens with zero attached hydrogens (tertiary/aromatic N) is 1. The molecule has 2 bridgehead atoms. The maximum Gasteiger partial charge on any atom is 0.420 e. The first kappa shape index (κ1) is 28.1. The molecule has 10 heteroatoms. The van der Waals surface area contributed by atoms with Crippen molar-refractivity contribution in [2.24, 2.45) is 11.8 Å². The predicted molar refractivity (Wildman–Crippen MR) is 134 cm³/mol. The van der Waals surface area contributed by atoms with E-state index in [2.05, 4.69) is 4.90 Å². The van der Waals surface area contributed by atoms with E-state index in [1.165, 1.54) is 12.1 Å². The van der Waals surface area contributed by atoms with Gasteiger partial charge >= 0.3 is 18.3 Å². The van der Waals surface area contributed by atoms with Crippen LogP contribution in [0.3, 0.4) is 0 Å². The van der Waals surface area contributed by atoms with Crippen LogP contribution in [-0.2, 0) is 17.4 Å². The molecule has 2 aromatic carbocycles. The third-order valence-electron chi connectivity index (χ3n) is 8.89. The van der Waals surface area contributed by atoms with Gasteiger partial charge < -0.3 is 9.84 Å². The molecule has 4 nitrogen and oxygen atoms in total. The SMILES string of the molecule is O=C(O)C1CC2CCC[C@H](C1)N2CCc1ccc2c(C(F)(F)F)c(OC3CCC(C(F)(F)F)CC3)ccc2c1. The monoisotopic (exact) mass is 557 g/mol. The van der Waals surface area contributed by atoms with Crippen LogP contribution in [0.5, 0.6) is 5.75 Å². The van der Waals surface area contributed by atoms with E-state index < -0.39 is 35.9 Å². The second kappa shape index (κ2) is 10.8. The summed E-state index contributed by atoms with van der Waals surface area (Å²) >= 11 is 0. The summed E-state index contributed by atoms with van der Waals surface area (Å²) in [6.45, 7) is 0.723. The molecule has 39 heavy (non-hydrogen) atoms. The van der Waals surface area contributed by atoms with Gasteiger partial charge in [0.2, 0.25) is 0 Å². The number of fused-ring (bicyclic) bond motifs is 3. The van der Waals surface area contributed by atoms with Crippen LogP contribution >= 0.6 is 0 Å². The third-order valence-corrected chi connectivity index (χ3v) is 8.89. The number of carboxylic acid groups (broad SMARTS) is 1. The van der Waals surface area contributed by atoms with E-state index in [1.54, 1.807) is 18.2 Å². The standard InChI is InChI=1S/C29H33F6NO3/c30-28(31,32)20-6-8-23(9-7-20)39-25-11-5-18-14-17(4-10-24(18)26(25)29(33,34)35)12-13-36-21-2-1-3-22(36)16-19(15-21)27(37)38/h4-5,10-11,14,19-23H,1-3,6-9,12-13,15-16H2,(H,37,38)/t19?,20?,21-,22?,23?/m1/s1. The second-order valence-electron chi connectivity index (χ2n) is 11.4. The zero-order valence-corrected chi connectivity index (χ0v) is 21.5. The molecule has 1 aliphatic carbocycles. The summed E-state index contributed by atoms with van der Waals surface area (Å²) in [5.41, 5.74) is 0.00275. The Kier molecular flexibility index (Phi) is 7.79. The third kappa shape index (κ3) is 6.15. The first-order valence-electron chi connectivity index (χ1n) is 13.7. The van der Waals surface area contributed by atoms with Crippen LogP contribution in [-0.4, -0.2) is 46.9 Å². The van der Waals surface area contributed by atoms with Crippen molar-refractivity contribution in [3.05, 3.63) is 41.5 Å². The molecule has 3 atom stereocenters. The average molecular weight is 558 g/mol. The fourth-order valence-corrected chi connectivity index (χ4v) is 6.90. The van der Waals surface area contributed by atoms with Crippen molar-refractivity contribution in [2.75, 3.05) is 6.54 Å². The molecule has 1 N–H and O–H groups in total. The van der Waals surface area contributed by atoms with Crippen LogP contribution in [0.4, 0.5) is 26.3 Å². The molecule has 1 saturated carbocycles. The molecule has 2 saturated heterocycles. The number of rotatable bonds is 6. The van der Waals surface area contributed by atoms with Gasteiger partial charge in [-0.15, -0.1) is 0 Å². The largest absolute Gasteiger partial charge is 0.490 e. The van der Waals surface area contributed by atoms with Crippen LogP contribution in [0.15, 0.2) is 30.3 Å². The molecular formula is C29H33F6NO3. The molecule has 214 valence electrons. The number of hydrogen-bond acceptors (Lipinski definition) is 3. The van der Waals surface area contributed by atoms with Crippen molar-refractivity contribution in [3.8, 4) is 5.75 Å². The lowest BCUT2D eigenvalue weighted by molar-refractivity contribution is -0.185. The molecule has 2 aliphatic heterocycles. The van der Waals surface area contributed by atoms with Crippen LogP contribution in [0.2, 0.25) is 0 Å². The van der Waals surface area contributed by atoms with Gasteiger partial charge in [-0.05, 0) is 80.2 Å². The Morgan fingerprint density at radius 2 is 1.59 bits per heavy atom. The van der Waals surface area contributed by atoms with Crippen LogP contribution in [0, 0.1) is 11.8 Å². The minimum Gasteiger partial charge on any atom is -0.490 e. The smallest absolute Gasteiger partial charge is 0.420 e. The van der Waals surface area contributed by atoms with E-state index in [1.807, 2.05) is 0 Å². The lowest BCUT2D eigenvalue weighted by Crippen LogP contribution is -2.53.